The number of amides is 1. The highest BCUT2D eigenvalue weighted by Gasteiger charge is 2.11. The van der Waals surface area contributed by atoms with Gasteiger partial charge in [-0.1, -0.05) is 30.3 Å². The molecule has 8 heteroatoms. The molecular weight excluding hydrogens is 388 g/mol. The zero-order chi connectivity index (χ0) is 21.3. The average Bonchev–Trinajstić information content (AvgIpc) is 2.77. The van der Waals surface area contributed by atoms with Crippen molar-refractivity contribution < 1.29 is 24.0 Å². The number of carbonyl (C=O) groups is 2. The summed E-state index contributed by atoms with van der Waals surface area (Å²) < 4.78 is 10.6. The molecule has 0 radical (unpaired) electrons. The molecular formula is C22H18N2O6. The van der Waals surface area contributed by atoms with Gasteiger partial charge in [-0.3, -0.25) is 14.9 Å². The number of esters is 1. The van der Waals surface area contributed by atoms with E-state index in [0.29, 0.717) is 17.9 Å². The van der Waals surface area contributed by atoms with Gasteiger partial charge in [-0.25, -0.2) is 4.79 Å². The largest absolute Gasteiger partial charge is 0.489 e. The molecule has 0 fully saturated rings. The van der Waals surface area contributed by atoms with Crippen LogP contribution < -0.4 is 10.1 Å². The van der Waals surface area contributed by atoms with E-state index in [1.165, 1.54) is 24.3 Å². The van der Waals surface area contributed by atoms with Crippen LogP contribution in [0.5, 0.6) is 5.75 Å². The number of hydrogen-bond donors (Lipinski definition) is 1. The Morgan fingerprint density at radius 2 is 1.57 bits per heavy atom. The molecule has 0 aliphatic carbocycles. The molecule has 152 valence electrons. The molecule has 0 unspecified atom stereocenters. The number of benzene rings is 3. The quantitative estimate of drug-likeness (QED) is 0.345. The van der Waals surface area contributed by atoms with Gasteiger partial charge >= 0.3 is 5.97 Å². The highest BCUT2D eigenvalue weighted by molar-refractivity contribution is 5.95. The number of nitrogens with one attached hydrogen (secondary N) is 1. The smallest absolute Gasteiger partial charge is 0.338 e. The third-order valence-electron chi connectivity index (χ3n) is 4.03. The molecule has 0 aliphatic rings. The minimum Gasteiger partial charge on any atom is -0.489 e. The lowest BCUT2D eigenvalue weighted by Gasteiger charge is -2.08. The molecule has 8 nitrogen and oxygen atoms in total. The first-order valence-corrected chi connectivity index (χ1v) is 8.99. The molecule has 0 atom stereocenters. The van der Waals surface area contributed by atoms with Crippen LogP contribution in [0.1, 0.15) is 15.9 Å². The van der Waals surface area contributed by atoms with Gasteiger partial charge in [-0.2, -0.15) is 0 Å². The van der Waals surface area contributed by atoms with Gasteiger partial charge in [-0.05, 0) is 42.0 Å². The van der Waals surface area contributed by atoms with Crippen LogP contribution in [0.15, 0.2) is 78.9 Å². The zero-order valence-electron chi connectivity index (χ0n) is 15.8. The third kappa shape index (κ3) is 5.90. The van der Waals surface area contributed by atoms with Crippen LogP contribution in [0.25, 0.3) is 0 Å². The number of carbonyl (C=O) groups excluding carboxylic acids is 2. The van der Waals surface area contributed by atoms with Crippen LogP contribution in [-0.2, 0) is 16.1 Å². The molecule has 0 saturated carbocycles. The molecule has 3 rings (SSSR count). The van der Waals surface area contributed by atoms with Gasteiger partial charge in [0, 0.05) is 17.8 Å². The Balaban J connectivity index is 1.45. The van der Waals surface area contributed by atoms with Crippen molar-refractivity contribution in [1.29, 1.82) is 0 Å². The number of rotatable bonds is 8. The lowest BCUT2D eigenvalue weighted by atomic mass is 10.1. The summed E-state index contributed by atoms with van der Waals surface area (Å²) in [7, 11) is 0. The molecule has 0 heterocycles. The summed E-state index contributed by atoms with van der Waals surface area (Å²) in [6.45, 7) is -0.119. The van der Waals surface area contributed by atoms with Crippen molar-refractivity contribution in [3.05, 3.63) is 100 Å². The second kappa shape index (κ2) is 9.83. The van der Waals surface area contributed by atoms with Gasteiger partial charge < -0.3 is 14.8 Å². The minimum atomic E-state index is -0.635. The molecule has 1 amide bonds. The number of nitro groups is 1. The number of non-ortho nitro benzene ring substituents is 1. The van der Waals surface area contributed by atoms with Gasteiger partial charge in [0.2, 0.25) is 0 Å². The molecule has 0 aliphatic heterocycles. The van der Waals surface area contributed by atoms with Crippen LogP contribution in [-0.4, -0.2) is 23.4 Å². The van der Waals surface area contributed by atoms with E-state index in [2.05, 4.69) is 5.32 Å². The zero-order valence-corrected chi connectivity index (χ0v) is 15.8. The molecule has 3 aromatic carbocycles. The Morgan fingerprint density at radius 1 is 0.900 bits per heavy atom. The summed E-state index contributed by atoms with van der Waals surface area (Å²) in [6, 6.07) is 21.4. The average molecular weight is 406 g/mol. The van der Waals surface area contributed by atoms with Crippen molar-refractivity contribution in [3.8, 4) is 5.75 Å². The maximum Gasteiger partial charge on any atom is 0.338 e. The standard InChI is InChI=1S/C22H18N2O6/c25-21(23-18-10-12-19(13-11-18)24(27)28)15-30-22(26)17-8-6-16(7-9-17)14-29-20-4-2-1-3-5-20/h1-13H,14-15H2,(H,23,25). The Hall–Kier alpha value is -4.20. The van der Waals surface area contributed by atoms with Crippen LogP contribution >= 0.6 is 0 Å². The lowest BCUT2D eigenvalue weighted by Crippen LogP contribution is -2.20. The Kier molecular flexibility index (Phi) is 6.73. The van der Waals surface area contributed by atoms with E-state index in [1.54, 1.807) is 24.3 Å². The van der Waals surface area contributed by atoms with E-state index < -0.39 is 23.4 Å². The maximum atomic E-state index is 12.1. The molecule has 0 spiro atoms. The summed E-state index contributed by atoms with van der Waals surface area (Å²) in [5.74, 6) is -0.436. The second-order valence-electron chi connectivity index (χ2n) is 6.23. The predicted octanol–water partition coefficient (Wildman–Crippen LogP) is 3.97. The van der Waals surface area contributed by atoms with Gasteiger partial charge in [0.25, 0.3) is 11.6 Å². The topological polar surface area (TPSA) is 108 Å². The number of ether oxygens (including phenoxy) is 2. The van der Waals surface area contributed by atoms with Gasteiger partial charge in [0.15, 0.2) is 6.61 Å². The molecule has 30 heavy (non-hydrogen) atoms. The maximum absolute atomic E-state index is 12.1. The summed E-state index contributed by atoms with van der Waals surface area (Å²) in [5, 5.41) is 13.1. The highest BCUT2D eigenvalue weighted by atomic mass is 16.6. The van der Waals surface area contributed by atoms with Crippen LogP contribution in [0.2, 0.25) is 0 Å². The second-order valence-corrected chi connectivity index (χ2v) is 6.23. The van der Waals surface area contributed by atoms with Gasteiger partial charge in [-0.15, -0.1) is 0 Å². The summed E-state index contributed by atoms with van der Waals surface area (Å²) in [4.78, 5) is 34.1. The van der Waals surface area contributed by atoms with E-state index in [-0.39, 0.29) is 5.69 Å². The van der Waals surface area contributed by atoms with Crippen molar-refractivity contribution in [2.75, 3.05) is 11.9 Å². The van der Waals surface area contributed by atoms with E-state index in [9.17, 15) is 19.7 Å². The first kappa shape index (κ1) is 20.5. The Bertz CT molecular complexity index is 1020. The van der Waals surface area contributed by atoms with Crippen molar-refractivity contribution in [2.24, 2.45) is 0 Å². The summed E-state index contributed by atoms with van der Waals surface area (Å²) in [6.07, 6.45) is 0. The van der Waals surface area contributed by atoms with E-state index >= 15 is 0 Å². The number of nitro benzene ring substituents is 1. The van der Waals surface area contributed by atoms with Gasteiger partial charge in [0.1, 0.15) is 12.4 Å². The number of anilines is 1. The lowest BCUT2D eigenvalue weighted by molar-refractivity contribution is -0.384. The Morgan fingerprint density at radius 3 is 2.20 bits per heavy atom. The first-order chi connectivity index (χ1) is 14.5. The van der Waals surface area contributed by atoms with Crippen molar-refractivity contribution in [1.82, 2.24) is 0 Å². The molecule has 0 aromatic heterocycles. The SMILES string of the molecule is O=C(COC(=O)c1ccc(COc2ccccc2)cc1)Nc1ccc([N+](=O)[O-])cc1. The van der Waals surface area contributed by atoms with E-state index in [4.69, 9.17) is 9.47 Å². The summed E-state index contributed by atoms with van der Waals surface area (Å²) in [5.41, 5.74) is 1.47. The molecule has 1 N–H and O–H groups in total. The molecule has 3 aromatic rings. The number of para-hydroxylation sites is 1. The monoisotopic (exact) mass is 406 g/mol. The van der Waals surface area contributed by atoms with Crippen molar-refractivity contribution in [3.63, 3.8) is 0 Å². The molecule has 0 saturated heterocycles. The third-order valence-corrected chi connectivity index (χ3v) is 4.03. The normalized spacial score (nSPS) is 10.1. The number of nitrogens with zero attached hydrogens (tertiary/aromatic N) is 1. The predicted molar refractivity (Wildman–Crippen MR) is 109 cm³/mol. The fourth-order valence-corrected chi connectivity index (χ4v) is 2.50. The van der Waals surface area contributed by atoms with Gasteiger partial charge in [0.05, 0.1) is 10.5 Å². The van der Waals surface area contributed by atoms with E-state index in [1.807, 2.05) is 30.3 Å². The first-order valence-electron chi connectivity index (χ1n) is 8.99. The summed E-state index contributed by atoms with van der Waals surface area (Å²) >= 11 is 0. The van der Waals surface area contributed by atoms with Crippen LogP contribution in [0.3, 0.4) is 0 Å². The fourth-order valence-electron chi connectivity index (χ4n) is 2.50. The van der Waals surface area contributed by atoms with Crippen molar-refractivity contribution in [2.45, 2.75) is 6.61 Å². The molecule has 0 bridgehead atoms. The number of hydrogen-bond acceptors (Lipinski definition) is 6. The highest BCUT2D eigenvalue weighted by Crippen LogP contribution is 2.15. The Labute approximate surface area is 172 Å². The van der Waals surface area contributed by atoms with E-state index in [0.717, 1.165) is 11.3 Å². The fraction of sp³-hybridized carbons (Fsp3) is 0.0909. The van der Waals surface area contributed by atoms with Crippen LogP contribution in [0, 0.1) is 10.1 Å². The minimum absolute atomic E-state index is 0.0861. The van der Waals surface area contributed by atoms with Crippen LogP contribution in [0.4, 0.5) is 11.4 Å². The van der Waals surface area contributed by atoms with Crippen molar-refractivity contribution >= 4 is 23.3 Å².